The lowest BCUT2D eigenvalue weighted by Crippen LogP contribution is -2.46. The molecule has 0 aromatic carbocycles. The zero-order chi connectivity index (χ0) is 17.6. The number of imidazole rings is 1. The van der Waals surface area contributed by atoms with Crippen LogP contribution >= 0.6 is 24.0 Å². The predicted octanol–water partition coefficient (Wildman–Crippen LogP) is 2.19. The van der Waals surface area contributed by atoms with Crippen molar-refractivity contribution in [1.82, 2.24) is 19.8 Å². The number of aliphatic imine (C=N–C) groups is 1. The average molecular weight is 475 g/mol. The molecule has 1 aromatic heterocycles. The van der Waals surface area contributed by atoms with Crippen LogP contribution in [0.2, 0.25) is 0 Å². The van der Waals surface area contributed by atoms with Gasteiger partial charge in [-0.1, -0.05) is 0 Å². The van der Waals surface area contributed by atoms with Crippen molar-refractivity contribution in [3.05, 3.63) is 17.7 Å². The maximum Gasteiger partial charge on any atom is 0.309 e. The van der Waals surface area contributed by atoms with Crippen molar-refractivity contribution in [3.8, 4) is 0 Å². The molecule has 26 heavy (non-hydrogen) atoms. The highest BCUT2D eigenvalue weighted by atomic mass is 127. The summed E-state index contributed by atoms with van der Waals surface area (Å²) in [7, 11) is 1.80. The van der Waals surface area contributed by atoms with Crippen LogP contribution in [0, 0.1) is 5.92 Å². The number of esters is 1. The minimum atomic E-state index is -0.0614. The first kappa shape index (κ1) is 21.0. The van der Waals surface area contributed by atoms with Gasteiger partial charge in [0.15, 0.2) is 5.96 Å². The Morgan fingerprint density at radius 1 is 1.35 bits per heavy atom. The second kappa shape index (κ2) is 10.1. The molecule has 0 radical (unpaired) electrons. The van der Waals surface area contributed by atoms with E-state index in [-0.39, 0.29) is 35.9 Å². The first-order valence-electron chi connectivity index (χ1n) is 9.38. The minimum Gasteiger partial charge on any atom is -0.466 e. The first-order valence-corrected chi connectivity index (χ1v) is 9.38. The van der Waals surface area contributed by atoms with E-state index in [1.165, 1.54) is 18.7 Å². The lowest BCUT2D eigenvalue weighted by molar-refractivity contribution is -0.149. The van der Waals surface area contributed by atoms with Gasteiger partial charge in [0.1, 0.15) is 5.82 Å². The molecule has 1 saturated heterocycles. The third-order valence-corrected chi connectivity index (χ3v) is 5.01. The minimum absolute atomic E-state index is 0. The normalized spacial score (nSPS) is 18.1. The van der Waals surface area contributed by atoms with E-state index >= 15 is 0 Å². The number of ether oxygens (including phenoxy) is 1. The fraction of sp³-hybridized carbons (Fsp3) is 0.722. The number of halogens is 1. The third-order valence-electron chi connectivity index (χ3n) is 5.01. The molecule has 0 unspecified atom stereocenters. The monoisotopic (exact) mass is 475 g/mol. The van der Waals surface area contributed by atoms with E-state index in [1.807, 2.05) is 6.92 Å². The van der Waals surface area contributed by atoms with E-state index in [4.69, 9.17) is 9.72 Å². The number of rotatable bonds is 4. The molecular formula is C18H30IN5O2. The number of aromatic nitrogens is 2. The second-order valence-corrected chi connectivity index (χ2v) is 6.71. The summed E-state index contributed by atoms with van der Waals surface area (Å²) in [5.41, 5.74) is 1.07. The van der Waals surface area contributed by atoms with Gasteiger partial charge >= 0.3 is 5.97 Å². The molecule has 0 amide bonds. The van der Waals surface area contributed by atoms with Crippen molar-refractivity contribution >= 4 is 35.9 Å². The molecule has 8 heteroatoms. The Morgan fingerprint density at radius 3 is 2.77 bits per heavy atom. The van der Waals surface area contributed by atoms with Crippen molar-refractivity contribution in [2.75, 3.05) is 26.7 Å². The van der Waals surface area contributed by atoms with Gasteiger partial charge < -0.3 is 19.5 Å². The highest BCUT2D eigenvalue weighted by molar-refractivity contribution is 14.0. The molecule has 3 rings (SSSR count). The van der Waals surface area contributed by atoms with Crippen LogP contribution in [0.3, 0.4) is 0 Å². The largest absolute Gasteiger partial charge is 0.466 e. The van der Waals surface area contributed by atoms with Gasteiger partial charge in [0.2, 0.25) is 0 Å². The van der Waals surface area contributed by atoms with E-state index in [2.05, 4.69) is 26.0 Å². The lowest BCUT2D eigenvalue weighted by atomic mass is 9.97. The smallest absolute Gasteiger partial charge is 0.309 e. The molecule has 1 aromatic rings. The number of hydrogen-bond donors (Lipinski definition) is 1. The molecular weight excluding hydrogens is 445 g/mol. The third kappa shape index (κ3) is 5.11. The number of hydrogen-bond acceptors (Lipinski definition) is 4. The fourth-order valence-corrected chi connectivity index (χ4v) is 3.65. The van der Waals surface area contributed by atoms with Crippen LogP contribution in [0.1, 0.15) is 44.1 Å². The highest BCUT2D eigenvalue weighted by Gasteiger charge is 2.27. The summed E-state index contributed by atoms with van der Waals surface area (Å²) in [5.74, 6) is 2.05. The summed E-state index contributed by atoms with van der Waals surface area (Å²) in [5, 5.41) is 3.42. The van der Waals surface area contributed by atoms with Crippen molar-refractivity contribution in [1.29, 1.82) is 0 Å². The fourth-order valence-electron chi connectivity index (χ4n) is 3.65. The van der Waals surface area contributed by atoms with Gasteiger partial charge in [-0.2, -0.15) is 0 Å². The summed E-state index contributed by atoms with van der Waals surface area (Å²) < 4.78 is 7.41. The summed E-state index contributed by atoms with van der Waals surface area (Å²) in [6, 6.07) is 0. The Hall–Kier alpha value is -1.32. The Morgan fingerprint density at radius 2 is 2.12 bits per heavy atom. The summed E-state index contributed by atoms with van der Waals surface area (Å²) in [6.07, 6.45) is 7.35. The van der Waals surface area contributed by atoms with Gasteiger partial charge in [0.05, 0.1) is 24.8 Å². The molecule has 1 N–H and O–H groups in total. The van der Waals surface area contributed by atoms with Crippen LogP contribution in [0.15, 0.2) is 11.2 Å². The van der Waals surface area contributed by atoms with Crippen LogP contribution in [-0.4, -0.2) is 53.1 Å². The Labute approximate surface area is 172 Å². The van der Waals surface area contributed by atoms with Crippen molar-refractivity contribution < 1.29 is 9.53 Å². The Kier molecular flexibility index (Phi) is 8.17. The quantitative estimate of drug-likeness (QED) is 0.313. The summed E-state index contributed by atoms with van der Waals surface area (Å²) in [4.78, 5) is 23.2. The zero-order valence-corrected chi connectivity index (χ0v) is 18.1. The predicted molar refractivity (Wildman–Crippen MR) is 112 cm³/mol. The molecule has 3 heterocycles. The number of guanidine groups is 1. The Bertz CT molecular complexity index is 600. The second-order valence-electron chi connectivity index (χ2n) is 6.71. The number of aryl methyl sites for hydroxylation is 2. The number of likely N-dealkylation sites (tertiary alicyclic amines) is 1. The summed E-state index contributed by atoms with van der Waals surface area (Å²) >= 11 is 0. The van der Waals surface area contributed by atoms with Gasteiger partial charge in [-0.3, -0.25) is 9.79 Å². The first-order chi connectivity index (χ1) is 12.2. The molecule has 1 fully saturated rings. The number of piperidine rings is 1. The maximum atomic E-state index is 11.9. The summed E-state index contributed by atoms with van der Waals surface area (Å²) in [6.45, 7) is 5.72. The molecule has 0 atom stereocenters. The van der Waals surface area contributed by atoms with Gasteiger partial charge in [0.25, 0.3) is 0 Å². The number of fused-ring (bicyclic) bond motifs is 1. The van der Waals surface area contributed by atoms with Crippen molar-refractivity contribution in [2.45, 2.75) is 52.1 Å². The molecule has 0 bridgehead atoms. The van der Waals surface area contributed by atoms with Crippen LogP contribution in [0.25, 0.3) is 0 Å². The van der Waals surface area contributed by atoms with Crippen LogP contribution in [-0.2, 0) is 29.0 Å². The van der Waals surface area contributed by atoms with Crippen molar-refractivity contribution in [2.24, 2.45) is 10.9 Å². The molecule has 146 valence electrons. The number of carbonyl (C=O) groups is 1. The zero-order valence-electron chi connectivity index (χ0n) is 15.7. The van der Waals surface area contributed by atoms with Gasteiger partial charge in [-0.15, -0.1) is 24.0 Å². The van der Waals surface area contributed by atoms with Gasteiger partial charge in [-0.05, 0) is 32.6 Å². The van der Waals surface area contributed by atoms with Crippen LogP contribution in [0.5, 0.6) is 0 Å². The van der Waals surface area contributed by atoms with E-state index in [0.29, 0.717) is 13.2 Å². The van der Waals surface area contributed by atoms with Crippen molar-refractivity contribution in [3.63, 3.8) is 0 Å². The molecule has 2 aliphatic rings. The number of carbonyl (C=O) groups excluding carboxylic acids is 1. The lowest BCUT2D eigenvalue weighted by Gasteiger charge is -2.33. The maximum absolute atomic E-state index is 11.9. The van der Waals surface area contributed by atoms with E-state index in [9.17, 15) is 4.79 Å². The van der Waals surface area contributed by atoms with Crippen LogP contribution in [0.4, 0.5) is 0 Å². The van der Waals surface area contributed by atoms with Crippen LogP contribution < -0.4 is 5.32 Å². The number of nitrogens with one attached hydrogen (secondary N) is 1. The SMILES string of the molecule is CCOC(=O)C1CCN(C(=NC)NCc2cn3c(n2)CCCC3)CC1.I. The molecule has 0 spiro atoms. The molecule has 7 nitrogen and oxygen atoms in total. The molecule has 0 saturated carbocycles. The van der Waals surface area contributed by atoms with Gasteiger partial charge in [0, 0.05) is 39.3 Å². The van der Waals surface area contributed by atoms with Gasteiger partial charge in [-0.25, -0.2) is 4.98 Å². The molecule has 2 aliphatic heterocycles. The Balaban J connectivity index is 0.00000243. The van der Waals surface area contributed by atoms with E-state index in [0.717, 1.165) is 50.6 Å². The standard InChI is InChI=1S/C18H29N5O2.HI/c1-3-25-17(24)14-7-10-22(11-8-14)18(19-2)20-12-15-13-23-9-5-4-6-16(23)21-15;/h13-14H,3-12H2,1-2H3,(H,19,20);1H. The molecule has 0 aliphatic carbocycles. The highest BCUT2D eigenvalue weighted by Crippen LogP contribution is 2.19. The topological polar surface area (TPSA) is 71.8 Å². The number of nitrogens with zero attached hydrogens (tertiary/aromatic N) is 4. The van der Waals surface area contributed by atoms with E-state index < -0.39 is 0 Å². The van der Waals surface area contributed by atoms with E-state index in [1.54, 1.807) is 7.05 Å². The average Bonchev–Trinajstić information content (AvgIpc) is 3.06.